The van der Waals surface area contributed by atoms with E-state index in [2.05, 4.69) is 25.1 Å². The van der Waals surface area contributed by atoms with Crippen LogP contribution < -0.4 is 20.1 Å². The molecule has 0 bridgehead atoms. The molecule has 0 aromatic carbocycles. The Labute approximate surface area is 127 Å². The van der Waals surface area contributed by atoms with E-state index in [0.717, 1.165) is 27.1 Å². The van der Waals surface area contributed by atoms with Crippen molar-refractivity contribution in [3.05, 3.63) is 11.3 Å². The normalized spacial score (nSPS) is 9.77. The van der Waals surface area contributed by atoms with Crippen LogP contribution in [-0.2, 0) is 9.47 Å². The van der Waals surface area contributed by atoms with Crippen LogP contribution in [0.1, 0.15) is 19.8 Å². The summed E-state index contributed by atoms with van der Waals surface area (Å²) < 4.78 is 14.4. The minimum absolute atomic E-state index is 0.0679. The van der Waals surface area contributed by atoms with Gasteiger partial charge in [-0.05, 0) is 6.42 Å². The van der Waals surface area contributed by atoms with Gasteiger partial charge in [0.15, 0.2) is 0 Å². The second-order valence-corrected chi connectivity index (χ2v) is 4.03. The topological polar surface area (TPSA) is 126 Å². The molecule has 2 amide bonds. The lowest BCUT2D eigenvalue weighted by Gasteiger charge is -2.15. The molecular weight excluding hydrogens is 296 g/mol. The van der Waals surface area contributed by atoms with Gasteiger partial charge in [-0.3, -0.25) is 0 Å². The van der Waals surface area contributed by atoms with E-state index in [0.29, 0.717) is 6.61 Å². The minimum Gasteiger partial charge on any atom is -0.754 e. The first kappa shape index (κ1) is 17.3. The molecule has 0 aliphatic rings. The van der Waals surface area contributed by atoms with Crippen molar-refractivity contribution < 1.29 is 28.5 Å². The van der Waals surface area contributed by atoms with Crippen molar-refractivity contribution in [2.75, 3.05) is 31.5 Å². The van der Waals surface area contributed by atoms with Crippen molar-refractivity contribution in [2.45, 2.75) is 19.8 Å². The number of anilines is 2. The van der Waals surface area contributed by atoms with Gasteiger partial charge in [-0.2, -0.15) is 5.32 Å². The van der Waals surface area contributed by atoms with Crippen LogP contribution in [-0.4, -0.2) is 38.0 Å². The van der Waals surface area contributed by atoms with Crippen molar-refractivity contribution in [2.24, 2.45) is 0 Å². The molecule has 1 aromatic rings. The van der Waals surface area contributed by atoms with Crippen LogP contribution in [0.3, 0.4) is 0 Å². The molecule has 10 nitrogen and oxygen atoms in total. The molecule has 2 N–H and O–H groups in total. The maximum absolute atomic E-state index is 12.0. The van der Waals surface area contributed by atoms with Gasteiger partial charge < -0.3 is 19.4 Å². The van der Waals surface area contributed by atoms with Crippen LogP contribution in [0, 0.1) is 5.21 Å². The van der Waals surface area contributed by atoms with E-state index < -0.39 is 18.1 Å². The minimum atomic E-state index is -0.883. The SMILES string of the molecule is CCCCOc1cc(NC(=O)OC)[n+]([O-])c(NC(=O)OC)n1. The van der Waals surface area contributed by atoms with E-state index >= 15 is 0 Å². The van der Waals surface area contributed by atoms with Crippen molar-refractivity contribution in [1.82, 2.24) is 4.98 Å². The summed E-state index contributed by atoms with van der Waals surface area (Å²) in [6.07, 6.45) is -0.0336. The van der Waals surface area contributed by atoms with E-state index in [1.807, 2.05) is 6.92 Å². The molecule has 0 saturated heterocycles. The third kappa shape index (κ3) is 4.96. The highest BCUT2D eigenvalue weighted by Gasteiger charge is 2.19. The molecule has 0 fully saturated rings. The predicted octanol–water partition coefficient (Wildman–Crippen LogP) is 1.25. The molecule has 10 heteroatoms. The highest BCUT2D eigenvalue weighted by molar-refractivity contribution is 5.83. The molecule has 1 aromatic heterocycles. The van der Waals surface area contributed by atoms with Crippen LogP contribution in [0.5, 0.6) is 5.88 Å². The number of rotatable bonds is 6. The first-order chi connectivity index (χ1) is 10.5. The fraction of sp³-hybridized carbons (Fsp3) is 0.500. The van der Waals surface area contributed by atoms with Gasteiger partial charge >= 0.3 is 18.1 Å². The smallest absolute Gasteiger partial charge is 0.460 e. The monoisotopic (exact) mass is 314 g/mol. The molecule has 0 aliphatic heterocycles. The van der Waals surface area contributed by atoms with Gasteiger partial charge in [0.25, 0.3) is 5.88 Å². The Balaban J connectivity index is 3.06. The second-order valence-electron chi connectivity index (χ2n) is 4.03. The van der Waals surface area contributed by atoms with Gasteiger partial charge in [0.05, 0.1) is 26.9 Å². The third-order valence-corrected chi connectivity index (χ3v) is 2.45. The van der Waals surface area contributed by atoms with E-state index in [1.54, 1.807) is 0 Å². The van der Waals surface area contributed by atoms with E-state index in [1.165, 1.54) is 6.07 Å². The molecule has 1 rings (SSSR count). The first-order valence-corrected chi connectivity index (χ1v) is 6.49. The van der Waals surface area contributed by atoms with E-state index in [4.69, 9.17) is 4.74 Å². The largest absolute Gasteiger partial charge is 0.754 e. The molecule has 0 atom stereocenters. The lowest BCUT2D eigenvalue weighted by atomic mass is 10.4. The number of aromatic nitrogens is 2. The zero-order valence-corrected chi connectivity index (χ0v) is 12.5. The highest BCUT2D eigenvalue weighted by Crippen LogP contribution is 2.15. The number of hydrogen-bond acceptors (Lipinski definition) is 7. The molecule has 0 radical (unpaired) electrons. The Bertz CT molecular complexity index is 497. The van der Waals surface area contributed by atoms with Gasteiger partial charge in [-0.1, -0.05) is 18.3 Å². The molecule has 1 heterocycles. The van der Waals surface area contributed by atoms with Crippen molar-refractivity contribution in [3.8, 4) is 5.88 Å². The van der Waals surface area contributed by atoms with Gasteiger partial charge in [-0.25, -0.2) is 19.6 Å². The van der Waals surface area contributed by atoms with Crippen LogP contribution >= 0.6 is 0 Å². The van der Waals surface area contributed by atoms with Crippen LogP contribution in [0.4, 0.5) is 21.4 Å². The van der Waals surface area contributed by atoms with Gasteiger partial charge in [0.2, 0.25) is 5.82 Å². The summed E-state index contributed by atoms with van der Waals surface area (Å²) in [5, 5.41) is 16.3. The second kappa shape index (κ2) is 8.49. The lowest BCUT2D eigenvalue weighted by molar-refractivity contribution is -0.577. The standard InChI is InChI=1S/C12H18N4O6/c1-4-5-6-22-9-7-8(13-11(17)20-2)16(19)10(14-9)15-12(18)21-3/h7H,4-6H2,1-3H3,(H,13,17)(H,14,15,18). The average Bonchev–Trinajstić information content (AvgIpc) is 2.51. The average molecular weight is 314 g/mol. The summed E-state index contributed by atoms with van der Waals surface area (Å²) in [5.74, 6) is -0.537. The molecule has 0 spiro atoms. The van der Waals surface area contributed by atoms with Gasteiger partial charge in [0, 0.05) is 0 Å². The Kier molecular flexibility index (Phi) is 6.67. The molecule has 0 unspecified atom stereocenters. The summed E-state index contributed by atoms with van der Waals surface area (Å²) in [6.45, 7) is 2.36. The number of methoxy groups -OCH3 is 2. The zero-order valence-electron chi connectivity index (χ0n) is 12.5. The number of nitrogens with one attached hydrogen (secondary N) is 2. The van der Waals surface area contributed by atoms with Crippen LogP contribution in [0.2, 0.25) is 0 Å². The number of amides is 2. The quantitative estimate of drug-likeness (QED) is 0.459. The summed E-state index contributed by atoms with van der Waals surface area (Å²) in [6, 6.07) is 1.22. The van der Waals surface area contributed by atoms with E-state index in [9.17, 15) is 14.8 Å². The predicted molar refractivity (Wildman–Crippen MR) is 75.7 cm³/mol. The maximum atomic E-state index is 12.0. The lowest BCUT2D eigenvalue weighted by Crippen LogP contribution is -2.38. The Hall–Kier alpha value is -2.78. The number of nitrogens with zero attached hydrogens (tertiary/aromatic N) is 2. The molecule has 22 heavy (non-hydrogen) atoms. The summed E-state index contributed by atoms with van der Waals surface area (Å²) in [5.41, 5.74) is 0. The molecular formula is C12H18N4O6. The van der Waals surface area contributed by atoms with E-state index in [-0.39, 0.29) is 16.4 Å². The molecule has 0 saturated carbocycles. The zero-order chi connectivity index (χ0) is 16.5. The highest BCUT2D eigenvalue weighted by atomic mass is 16.5. The van der Waals surface area contributed by atoms with Crippen molar-refractivity contribution in [3.63, 3.8) is 0 Å². The van der Waals surface area contributed by atoms with Gasteiger partial charge in [-0.15, -0.1) is 0 Å². The molecule has 122 valence electrons. The number of carbonyl (C=O) groups is 2. The number of unbranched alkanes of at least 4 members (excludes halogenated alkanes) is 1. The fourth-order valence-corrected chi connectivity index (χ4v) is 1.33. The Morgan fingerprint density at radius 3 is 2.50 bits per heavy atom. The van der Waals surface area contributed by atoms with Gasteiger partial charge in [0.1, 0.15) is 0 Å². The number of hydrogen-bond donors (Lipinski definition) is 2. The van der Waals surface area contributed by atoms with Crippen molar-refractivity contribution in [1.29, 1.82) is 0 Å². The summed E-state index contributed by atoms with van der Waals surface area (Å²) >= 11 is 0. The maximum Gasteiger partial charge on any atom is 0.460 e. The van der Waals surface area contributed by atoms with Crippen LogP contribution in [0.15, 0.2) is 6.07 Å². The molecule has 0 aliphatic carbocycles. The first-order valence-electron chi connectivity index (χ1n) is 6.49. The number of ether oxygens (including phenoxy) is 3. The van der Waals surface area contributed by atoms with Crippen molar-refractivity contribution >= 4 is 24.0 Å². The fourth-order valence-electron chi connectivity index (χ4n) is 1.33. The van der Waals surface area contributed by atoms with Crippen LogP contribution in [0.25, 0.3) is 0 Å². The third-order valence-electron chi connectivity index (χ3n) is 2.45. The summed E-state index contributed by atoms with van der Waals surface area (Å²) in [7, 11) is 2.29. The Morgan fingerprint density at radius 1 is 1.27 bits per heavy atom. The summed E-state index contributed by atoms with van der Waals surface area (Å²) in [4.78, 5) is 26.3. The Morgan fingerprint density at radius 2 is 1.91 bits per heavy atom. The number of carbonyl (C=O) groups excluding carboxylic acids is 2.